The van der Waals surface area contributed by atoms with Crippen molar-refractivity contribution in [2.24, 2.45) is 11.8 Å². The summed E-state index contributed by atoms with van der Waals surface area (Å²) in [5, 5.41) is 10.0. The molecule has 0 heterocycles. The van der Waals surface area contributed by atoms with E-state index in [9.17, 15) is 14.5 Å². The van der Waals surface area contributed by atoms with Gasteiger partial charge in [-0.2, -0.15) is 0 Å². The van der Waals surface area contributed by atoms with Gasteiger partial charge in [-0.15, -0.1) is 0 Å². The fourth-order valence-corrected chi connectivity index (χ4v) is 3.75. The number of rotatable bonds is 9. The Hall–Kier alpha value is -0.220. The number of hydrogen-bond donors (Lipinski definition) is 1. The van der Waals surface area contributed by atoms with E-state index in [1.54, 1.807) is 13.8 Å². The molecule has 1 N–H and O–H groups in total. The molecule has 6 heteroatoms. The Kier molecular flexibility index (Phi) is 7.95. The maximum Gasteiger partial charge on any atom is 0.331 e. The van der Waals surface area contributed by atoms with Crippen molar-refractivity contribution >= 4 is 13.4 Å². The number of carbonyl (C=O) groups is 1. The van der Waals surface area contributed by atoms with E-state index in [-0.39, 0.29) is 31.1 Å². The highest BCUT2D eigenvalue weighted by Gasteiger charge is 2.35. The van der Waals surface area contributed by atoms with Crippen LogP contribution in [0.25, 0.3) is 0 Å². The fraction of sp³-hybridized carbons (Fsp3) is 0.917. The van der Waals surface area contributed by atoms with Crippen LogP contribution in [0.2, 0.25) is 0 Å². The van der Waals surface area contributed by atoms with Gasteiger partial charge in [0.2, 0.25) is 0 Å². The molecule has 0 aliphatic rings. The molecule has 0 radical (unpaired) electrons. The Balaban J connectivity index is 4.93. The lowest BCUT2D eigenvalue weighted by molar-refractivity contribution is -0.124. The van der Waals surface area contributed by atoms with Crippen LogP contribution in [0.5, 0.6) is 0 Å². The van der Waals surface area contributed by atoms with Crippen molar-refractivity contribution in [3.63, 3.8) is 0 Å². The molecule has 0 fully saturated rings. The van der Waals surface area contributed by atoms with Gasteiger partial charge >= 0.3 is 7.60 Å². The summed E-state index contributed by atoms with van der Waals surface area (Å²) in [5.74, 6) is -1.000. The van der Waals surface area contributed by atoms with E-state index >= 15 is 0 Å². The molecule has 0 amide bonds. The average Bonchev–Trinajstić information content (AvgIpc) is 2.25. The highest BCUT2D eigenvalue weighted by atomic mass is 31.2. The summed E-state index contributed by atoms with van der Waals surface area (Å²) >= 11 is 0. The Morgan fingerprint density at radius 1 is 1.22 bits per heavy atom. The largest absolute Gasteiger partial charge is 0.392 e. The van der Waals surface area contributed by atoms with Crippen LogP contribution in [0.3, 0.4) is 0 Å². The molecule has 108 valence electrons. The van der Waals surface area contributed by atoms with Crippen molar-refractivity contribution in [3.05, 3.63) is 0 Å². The molecule has 0 unspecified atom stereocenters. The van der Waals surface area contributed by atoms with E-state index in [4.69, 9.17) is 9.05 Å². The first-order chi connectivity index (χ1) is 8.27. The van der Waals surface area contributed by atoms with E-state index in [0.29, 0.717) is 0 Å². The molecule has 0 aromatic rings. The van der Waals surface area contributed by atoms with Gasteiger partial charge in [0.25, 0.3) is 0 Å². The number of hydrogen-bond acceptors (Lipinski definition) is 5. The summed E-state index contributed by atoms with van der Waals surface area (Å²) < 4.78 is 22.6. The molecular formula is C12H25O5P. The Labute approximate surface area is 109 Å². The van der Waals surface area contributed by atoms with E-state index < -0.39 is 19.6 Å². The predicted molar refractivity (Wildman–Crippen MR) is 70.7 cm³/mol. The van der Waals surface area contributed by atoms with Crippen LogP contribution in [-0.2, 0) is 18.4 Å². The standard InChI is InChI=1S/C12H25O5P/c1-6-16-18(15,17-7-2)8-11(10(5)13)12(14)9(3)4/h9,11-12,14H,6-8H2,1-5H3/t11-,12-/m1/s1. The van der Waals surface area contributed by atoms with Gasteiger partial charge in [-0.25, -0.2) is 0 Å². The third-order valence-electron chi connectivity index (χ3n) is 2.69. The molecule has 0 aliphatic heterocycles. The summed E-state index contributed by atoms with van der Waals surface area (Å²) in [6.45, 7) is 8.94. The number of aliphatic hydroxyl groups excluding tert-OH is 1. The van der Waals surface area contributed by atoms with Crippen molar-refractivity contribution in [2.45, 2.75) is 40.7 Å². The second-order valence-corrected chi connectivity index (χ2v) is 6.68. The van der Waals surface area contributed by atoms with Crippen molar-refractivity contribution < 1.29 is 23.5 Å². The maximum absolute atomic E-state index is 12.3. The van der Waals surface area contributed by atoms with Gasteiger partial charge in [0.05, 0.1) is 31.4 Å². The van der Waals surface area contributed by atoms with Gasteiger partial charge in [0, 0.05) is 0 Å². The van der Waals surface area contributed by atoms with Crippen LogP contribution in [0, 0.1) is 11.8 Å². The highest BCUT2D eigenvalue weighted by Crippen LogP contribution is 2.50. The lowest BCUT2D eigenvalue weighted by Gasteiger charge is -2.27. The summed E-state index contributed by atoms with van der Waals surface area (Å²) in [6.07, 6.45) is -0.902. The molecule has 0 saturated heterocycles. The van der Waals surface area contributed by atoms with Gasteiger partial charge in [-0.05, 0) is 26.7 Å². The summed E-state index contributed by atoms with van der Waals surface area (Å²) in [6, 6.07) is 0. The summed E-state index contributed by atoms with van der Waals surface area (Å²) in [4.78, 5) is 11.6. The van der Waals surface area contributed by atoms with Crippen LogP contribution < -0.4 is 0 Å². The first kappa shape index (κ1) is 17.8. The minimum atomic E-state index is -3.30. The third kappa shape index (κ3) is 5.61. The van der Waals surface area contributed by atoms with Crippen LogP contribution in [0.1, 0.15) is 34.6 Å². The average molecular weight is 280 g/mol. The van der Waals surface area contributed by atoms with E-state index in [1.807, 2.05) is 13.8 Å². The molecule has 0 rings (SSSR count). The lowest BCUT2D eigenvalue weighted by atomic mass is 9.92. The quantitative estimate of drug-likeness (QED) is 0.657. The molecular weight excluding hydrogens is 255 g/mol. The van der Waals surface area contributed by atoms with Gasteiger partial charge in [0.1, 0.15) is 5.78 Å². The first-order valence-corrected chi connectivity index (χ1v) is 8.06. The van der Waals surface area contributed by atoms with Crippen LogP contribution in [0.15, 0.2) is 0 Å². The molecule has 5 nitrogen and oxygen atoms in total. The van der Waals surface area contributed by atoms with E-state index in [1.165, 1.54) is 6.92 Å². The van der Waals surface area contributed by atoms with Crippen molar-refractivity contribution in [1.29, 1.82) is 0 Å². The topological polar surface area (TPSA) is 72.8 Å². The van der Waals surface area contributed by atoms with Gasteiger partial charge < -0.3 is 14.2 Å². The Bertz CT molecular complexity index is 293. The van der Waals surface area contributed by atoms with Gasteiger partial charge in [-0.3, -0.25) is 9.36 Å². The fourth-order valence-electron chi connectivity index (χ4n) is 1.72. The highest BCUT2D eigenvalue weighted by molar-refractivity contribution is 7.53. The summed E-state index contributed by atoms with van der Waals surface area (Å²) in [5.41, 5.74) is 0. The second-order valence-electron chi connectivity index (χ2n) is 4.58. The Morgan fingerprint density at radius 2 is 1.67 bits per heavy atom. The molecule has 0 saturated carbocycles. The zero-order valence-electron chi connectivity index (χ0n) is 11.9. The van der Waals surface area contributed by atoms with Crippen LogP contribution >= 0.6 is 7.60 Å². The van der Waals surface area contributed by atoms with E-state index in [2.05, 4.69) is 0 Å². The van der Waals surface area contributed by atoms with Crippen LogP contribution in [0.4, 0.5) is 0 Å². The summed E-state index contributed by atoms with van der Waals surface area (Å²) in [7, 11) is -3.30. The van der Waals surface area contributed by atoms with Gasteiger partial charge in [0.15, 0.2) is 0 Å². The predicted octanol–water partition coefficient (Wildman–Crippen LogP) is 2.47. The zero-order chi connectivity index (χ0) is 14.3. The molecule has 0 aliphatic carbocycles. The normalized spacial score (nSPS) is 15.7. The smallest absolute Gasteiger partial charge is 0.331 e. The van der Waals surface area contributed by atoms with E-state index in [0.717, 1.165) is 0 Å². The molecule has 0 spiro atoms. The zero-order valence-corrected chi connectivity index (χ0v) is 12.8. The second kappa shape index (κ2) is 8.05. The minimum Gasteiger partial charge on any atom is -0.392 e. The first-order valence-electron chi connectivity index (χ1n) is 6.34. The number of aliphatic hydroxyl groups is 1. The van der Waals surface area contributed by atoms with Crippen molar-refractivity contribution in [1.82, 2.24) is 0 Å². The maximum atomic E-state index is 12.3. The SMILES string of the molecule is CCOP(=O)(C[C@H](C(C)=O)[C@H](O)C(C)C)OCC. The molecule has 18 heavy (non-hydrogen) atoms. The molecule has 0 aromatic heterocycles. The van der Waals surface area contributed by atoms with Gasteiger partial charge in [-0.1, -0.05) is 13.8 Å². The lowest BCUT2D eigenvalue weighted by Crippen LogP contribution is -2.34. The minimum absolute atomic E-state index is 0.0661. The monoisotopic (exact) mass is 280 g/mol. The third-order valence-corrected chi connectivity index (χ3v) is 4.83. The van der Waals surface area contributed by atoms with Crippen LogP contribution in [-0.4, -0.2) is 36.4 Å². The molecule has 0 aromatic carbocycles. The Morgan fingerprint density at radius 3 is 1.94 bits per heavy atom. The van der Waals surface area contributed by atoms with Crippen molar-refractivity contribution in [3.8, 4) is 0 Å². The number of ketones is 1. The number of Topliss-reactive ketones (excluding diaryl/α,β-unsaturated/α-hetero) is 1. The van der Waals surface area contributed by atoms with Crippen molar-refractivity contribution in [2.75, 3.05) is 19.4 Å². The molecule has 2 atom stereocenters. The number of carbonyl (C=O) groups excluding carboxylic acids is 1. The molecule has 0 bridgehead atoms.